The summed E-state index contributed by atoms with van der Waals surface area (Å²) in [7, 11) is 0. The normalized spacial score (nSPS) is 20.6. The van der Waals surface area contributed by atoms with Gasteiger partial charge in [-0.1, -0.05) is 0 Å². The maximum Gasteiger partial charge on any atom is 0.143 e. The highest BCUT2D eigenvalue weighted by molar-refractivity contribution is 9.11. The summed E-state index contributed by atoms with van der Waals surface area (Å²) in [6, 6.07) is 2.44. The molecule has 1 aromatic heterocycles. The van der Waals surface area contributed by atoms with Crippen molar-refractivity contribution in [1.29, 1.82) is 0 Å². The van der Waals surface area contributed by atoms with Gasteiger partial charge in [-0.2, -0.15) is 0 Å². The molecule has 94 valence electrons. The van der Waals surface area contributed by atoms with Gasteiger partial charge in [-0.3, -0.25) is 0 Å². The van der Waals surface area contributed by atoms with Gasteiger partial charge in [0.1, 0.15) is 5.82 Å². The summed E-state index contributed by atoms with van der Waals surface area (Å²) in [6.45, 7) is 1.27. The molecule has 3 nitrogen and oxygen atoms in total. The number of rotatable bonds is 3. The summed E-state index contributed by atoms with van der Waals surface area (Å²) >= 11 is 6.98. The molecule has 1 atom stereocenters. The Kier molecular flexibility index (Phi) is 4.82. The van der Waals surface area contributed by atoms with E-state index in [-0.39, 0.29) is 6.61 Å². The van der Waals surface area contributed by atoms with Crippen LogP contribution in [0.15, 0.2) is 21.2 Å². The summed E-state index contributed by atoms with van der Waals surface area (Å²) in [4.78, 5) is 6.80. The van der Waals surface area contributed by atoms with Gasteiger partial charge in [-0.15, -0.1) is 0 Å². The highest BCUT2D eigenvalue weighted by atomic mass is 79.9. The number of aromatic nitrogens is 1. The van der Waals surface area contributed by atoms with Crippen molar-refractivity contribution < 1.29 is 5.11 Å². The number of nitrogens with zero attached hydrogens (tertiary/aromatic N) is 2. The molecule has 1 unspecified atom stereocenters. The van der Waals surface area contributed by atoms with Crippen LogP contribution in [0.25, 0.3) is 0 Å². The first kappa shape index (κ1) is 13.3. The molecular weight excluding hydrogens is 348 g/mol. The number of hydrogen-bond acceptors (Lipinski definition) is 3. The standard InChI is InChI=1S/C12H16Br2N2O/c13-9-7-11(14)12(15-8-9)16-5-2-1-3-10(16)4-6-17/h7-8,10,17H,1-6H2. The van der Waals surface area contributed by atoms with Gasteiger partial charge < -0.3 is 10.0 Å². The minimum atomic E-state index is 0.245. The highest BCUT2D eigenvalue weighted by Crippen LogP contribution is 2.32. The average molecular weight is 364 g/mol. The van der Waals surface area contributed by atoms with Gasteiger partial charge in [-0.05, 0) is 63.6 Å². The molecule has 2 rings (SSSR count). The Morgan fingerprint density at radius 1 is 1.41 bits per heavy atom. The molecule has 0 aliphatic carbocycles. The molecule has 17 heavy (non-hydrogen) atoms. The van der Waals surface area contributed by atoms with Crippen molar-refractivity contribution in [2.75, 3.05) is 18.1 Å². The van der Waals surface area contributed by atoms with Crippen LogP contribution in [-0.4, -0.2) is 29.3 Å². The number of pyridine rings is 1. The molecule has 1 aliphatic heterocycles. The minimum Gasteiger partial charge on any atom is -0.396 e. The molecule has 1 aliphatic rings. The third-order valence-electron chi connectivity index (χ3n) is 3.15. The molecule has 0 aromatic carbocycles. The van der Waals surface area contributed by atoms with E-state index in [2.05, 4.69) is 41.7 Å². The summed E-state index contributed by atoms with van der Waals surface area (Å²) in [6.07, 6.45) is 6.24. The van der Waals surface area contributed by atoms with E-state index in [1.165, 1.54) is 12.8 Å². The Labute approximate surface area is 118 Å². The van der Waals surface area contributed by atoms with Crippen LogP contribution in [0.2, 0.25) is 0 Å². The van der Waals surface area contributed by atoms with Crippen molar-refractivity contribution in [2.24, 2.45) is 0 Å². The molecule has 0 spiro atoms. The van der Waals surface area contributed by atoms with Crippen LogP contribution in [0.5, 0.6) is 0 Å². The molecule has 0 saturated carbocycles. The maximum atomic E-state index is 9.13. The van der Waals surface area contributed by atoms with Gasteiger partial charge in [-0.25, -0.2) is 4.98 Å². The van der Waals surface area contributed by atoms with E-state index in [0.29, 0.717) is 6.04 Å². The first-order valence-electron chi connectivity index (χ1n) is 5.91. The summed E-state index contributed by atoms with van der Waals surface area (Å²) in [5.41, 5.74) is 0. The Morgan fingerprint density at radius 3 is 2.94 bits per heavy atom. The highest BCUT2D eigenvalue weighted by Gasteiger charge is 2.24. The van der Waals surface area contributed by atoms with Gasteiger partial charge in [0, 0.05) is 29.9 Å². The van der Waals surface area contributed by atoms with E-state index in [4.69, 9.17) is 5.11 Å². The third-order valence-corrected chi connectivity index (χ3v) is 4.17. The predicted octanol–water partition coefficient (Wildman–Crippen LogP) is 3.35. The lowest BCUT2D eigenvalue weighted by molar-refractivity contribution is 0.262. The Morgan fingerprint density at radius 2 is 2.24 bits per heavy atom. The molecule has 1 N–H and O–H groups in total. The summed E-state index contributed by atoms with van der Waals surface area (Å²) in [5.74, 6) is 0.992. The zero-order valence-corrected chi connectivity index (χ0v) is 12.7. The number of anilines is 1. The second kappa shape index (κ2) is 6.16. The Bertz CT molecular complexity index is 385. The Hall–Kier alpha value is -0.130. The van der Waals surface area contributed by atoms with Crippen molar-refractivity contribution in [3.05, 3.63) is 21.2 Å². The number of aliphatic hydroxyl groups is 1. The van der Waals surface area contributed by atoms with Crippen LogP contribution < -0.4 is 4.90 Å². The monoisotopic (exact) mass is 362 g/mol. The van der Waals surface area contributed by atoms with Crippen molar-refractivity contribution >= 4 is 37.7 Å². The van der Waals surface area contributed by atoms with Gasteiger partial charge in [0.25, 0.3) is 0 Å². The average Bonchev–Trinajstić information content (AvgIpc) is 2.31. The number of hydrogen-bond donors (Lipinski definition) is 1. The molecule has 2 heterocycles. The van der Waals surface area contributed by atoms with Crippen molar-refractivity contribution in [2.45, 2.75) is 31.7 Å². The van der Waals surface area contributed by atoms with E-state index in [1.807, 2.05) is 12.3 Å². The number of halogens is 2. The predicted molar refractivity (Wildman–Crippen MR) is 76.3 cm³/mol. The lowest BCUT2D eigenvalue weighted by Crippen LogP contribution is -2.40. The van der Waals surface area contributed by atoms with Crippen LogP contribution in [0.3, 0.4) is 0 Å². The summed E-state index contributed by atoms with van der Waals surface area (Å²) in [5, 5.41) is 9.13. The largest absolute Gasteiger partial charge is 0.396 e. The topological polar surface area (TPSA) is 36.4 Å². The number of aliphatic hydroxyl groups excluding tert-OH is 1. The van der Waals surface area contributed by atoms with Gasteiger partial charge in [0.2, 0.25) is 0 Å². The fourth-order valence-corrected chi connectivity index (χ4v) is 3.56. The van der Waals surface area contributed by atoms with Crippen molar-refractivity contribution in [3.8, 4) is 0 Å². The molecule has 1 fully saturated rings. The van der Waals surface area contributed by atoms with Crippen molar-refractivity contribution in [3.63, 3.8) is 0 Å². The first-order valence-corrected chi connectivity index (χ1v) is 7.49. The lowest BCUT2D eigenvalue weighted by Gasteiger charge is -2.37. The first-order chi connectivity index (χ1) is 8.22. The molecule has 1 aromatic rings. The van der Waals surface area contributed by atoms with Gasteiger partial charge in [0.15, 0.2) is 0 Å². The van der Waals surface area contributed by atoms with Crippen LogP contribution in [-0.2, 0) is 0 Å². The minimum absolute atomic E-state index is 0.245. The smallest absolute Gasteiger partial charge is 0.143 e. The molecule has 1 saturated heterocycles. The SMILES string of the molecule is OCCC1CCCCN1c1ncc(Br)cc1Br. The van der Waals surface area contributed by atoms with Crippen LogP contribution in [0.1, 0.15) is 25.7 Å². The van der Waals surface area contributed by atoms with E-state index in [9.17, 15) is 0 Å². The van der Waals surface area contributed by atoms with E-state index in [0.717, 1.165) is 34.1 Å². The molecule has 5 heteroatoms. The maximum absolute atomic E-state index is 9.13. The molecule has 0 radical (unpaired) electrons. The molecule has 0 bridgehead atoms. The van der Waals surface area contributed by atoms with Gasteiger partial charge in [0.05, 0.1) is 4.47 Å². The van der Waals surface area contributed by atoms with Crippen LogP contribution in [0.4, 0.5) is 5.82 Å². The summed E-state index contributed by atoms with van der Waals surface area (Å²) < 4.78 is 1.99. The van der Waals surface area contributed by atoms with Crippen molar-refractivity contribution in [1.82, 2.24) is 4.98 Å². The van der Waals surface area contributed by atoms with E-state index >= 15 is 0 Å². The Balaban J connectivity index is 2.23. The van der Waals surface area contributed by atoms with E-state index < -0.39 is 0 Å². The third kappa shape index (κ3) is 3.20. The molecule has 0 amide bonds. The second-order valence-corrected chi connectivity index (χ2v) is 6.08. The lowest BCUT2D eigenvalue weighted by atomic mass is 9.99. The van der Waals surface area contributed by atoms with Crippen LogP contribution >= 0.6 is 31.9 Å². The fourth-order valence-electron chi connectivity index (χ4n) is 2.35. The van der Waals surface area contributed by atoms with E-state index in [1.54, 1.807) is 0 Å². The number of piperidine rings is 1. The quantitative estimate of drug-likeness (QED) is 0.894. The zero-order chi connectivity index (χ0) is 12.3. The van der Waals surface area contributed by atoms with Crippen LogP contribution in [0, 0.1) is 0 Å². The molecular formula is C12H16Br2N2O. The van der Waals surface area contributed by atoms with Gasteiger partial charge >= 0.3 is 0 Å². The fraction of sp³-hybridized carbons (Fsp3) is 0.583. The second-order valence-electron chi connectivity index (χ2n) is 4.31. The zero-order valence-electron chi connectivity index (χ0n) is 9.57.